The summed E-state index contributed by atoms with van der Waals surface area (Å²) in [5.74, 6) is 0.907. The average Bonchev–Trinajstić information content (AvgIpc) is 2.73. The molecular weight excluding hydrogens is 409 g/mol. The predicted molar refractivity (Wildman–Crippen MR) is 119 cm³/mol. The summed E-state index contributed by atoms with van der Waals surface area (Å²) in [5.41, 5.74) is 8.15. The molecule has 0 aliphatic carbocycles. The van der Waals surface area contributed by atoms with E-state index in [1.54, 1.807) is 30.5 Å². The number of halogens is 2. The zero-order chi connectivity index (χ0) is 20.5. The van der Waals surface area contributed by atoms with Gasteiger partial charge in [0.25, 0.3) is 0 Å². The van der Waals surface area contributed by atoms with Crippen LogP contribution in [0.2, 0.25) is 5.02 Å². The molecule has 29 heavy (non-hydrogen) atoms. The minimum absolute atomic E-state index is 0.0350. The highest BCUT2D eigenvalue weighted by atomic mass is 35.5. The first-order valence-corrected chi connectivity index (χ1v) is 10.2. The highest BCUT2D eigenvalue weighted by Crippen LogP contribution is 2.22. The van der Waals surface area contributed by atoms with Crippen LogP contribution in [0.5, 0.6) is 5.75 Å². The lowest BCUT2D eigenvalue weighted by molar-refractivity contribution is 0.300. The molecule has 7 heteroatoms. The second kappa shape index (κ2) is 10.6. The van der Waals surface area contributed by atoms with Gasteiger partial charge in [-0.25, -0.2) is 4.39 Å². The molecule has 2 N–H and O–H groups in total. The van der Waals surface area contributed by atoms with Gasteiger partial charge in [0, 0.05) is 11.3 Å². The molecule has 0 atom stereocenters. The van der Waals surface area contributed by atoms with E-state index in [9.17, 15) is 4.39 Å². The largest absolute Gasteiger partial charge is 0.489 e. The molecule has 0 bridgehead atoms. The average molecular weight is 428 g/mol. The van der Waals surface area contributed by atoms with Crippen molar-refractivity contribution >= 4 is 34.7 Å². The molecule has 0 radical (unpaired) electrons. The van der Waals surface area contributed by atoms with E-state index >= 15 is 0 Å². The minimum Gasteiger partial charge on any atom is -0.489 e. The van der Waals surface area contributed by atoms with E-state index in [1.807, 2.05) is 42.5 Å². The molecule has 0 fully saturated rings. The fraction of sp³-hybridized carbons (Fsp3) is 0.0909. The van der Waals surface area contributed by atoms with Gasteiger partial charge in [0.2, 0.25) is 0 Å². The van der Waals surface area contributed by atoms with Gasteiger partial charge < -0.3 is 10.5 Å². The van der Waals surface area contributed by atoms with Crippen LogP contribution in [0, 0.1) is 5.82 Å². The molecule has 0 saturated heterocycles. The number of nitrogens with two attached hydrogens (primary N) is 1. The van der Waals surface area contributed by atoms with Gasteiger partial charge >= 0.3 is 0 Å². The smallest absolute Gasteiger partial charge is 0.180 e. The van der Waals surface area contributed by atoms with E-state index in [0.29, 0.717) is 21.5 Å². The monoisotopic (exact) mass is 427 g/mol. The summed E-state index contributed by atoms with van der Waals surface area (Å²) < 4.78 is 19.5. The summed E-state index contributed by atoms with van der Waals surface area (Å²) >= 11 is 7.44. The third kappa shape index (κ3) is 6.62. The van der Waals surface area contributed by atoms with Gasteiger partial charge in [0.05, 0.1) is 11.2 Å². The van der Waals surface area contributed by atoms with Crippen molar-refractivity contribution in [1.29, 1.82) is 0 Å². The Labute approximate surface area is 178 Å². The second-order valence-corrected chi connectivity index (χ2v) is 7.42. The van der Waals surface area contributed by atoms with E-state index in [1.165, 1.54) is 23.4 Å². The Balaban J connectivity index is 1.56. The number of hydrogen-bond donors (Lipinski definition) is 1. The molecule has 0 aliphatic heterocycles. The van der Waals surface area contributed by atoms with Gasteiger partial charge in [-0.15, -0.1) is 5.10 Å². The fourth-order valence-electron chi connectivity index (χ4n) is 2.42. The van der Waals surface area contributed by atoms with Gasteiger partial charge in [0.1, 0.15) is 18.2 Å². The lowest BCUT2D eigenvalue weighted by atomic mass is 10.2. The number of hydrogen-bond acceptors (Lipinski definition) is 4. The van der Waals surface area contributed by atoms with Crippen LogP contribution in [0.15, 0.2) is 83.0 Å². The maximum absolute atomic E-state index is 13.8. The number of amidine groups is 1. The summed E-state index contributed by atoms with van der Waals surface area (Å²) in [6.45, 7) is 0.0350. The lowest BCUT2D eigenvalue weighted by Gasteiger charge is -2.09. The number of thioether (sulfide) groups is 1. The summed E-state index contributed by atoms with van der Waals surface area (Å²) in [7, 11) is 0. The Kier molecular flexibility index (Phi) is 7.67. The number of nitrogens with zero attached hydrogens (tertiary/aromatic N) is 2. The van der Waals surface area contributed by atoms with Crippen LogP contribution >= 0.6 is 23.4 Å². The van der Waals surface area contributed by atoms with Crippen molar-refractivity contribution in [2.75, 3.05) is 0 Å². The van der Waals surface area contributed by atoms with E-state index in [0.717, 1.165) is 11.3 Å². The fourth-order valence-corrected chi connectivity index (χ4v) is 3.25. The van der Waals surface area contributed by atoms with Gasteiger partial charge in [-0.3, -0.25) is 0 Å². The molecule has 0 saturated carbocycles. The van der Waals surface area contributed by atoms with Crippen molar-refractivity contribution in [3.63, 3.8) is 0 Å². The summed E-state index contributed by atoms with van der Waals surface area (Å²) in [6.07, 6.45) is 1.58. The summed E-state index contributed by atoms with van der Waals surface area (Å²) in [5, 5.41) is 8.74. The maximum atomic E-state index is 13.8. The van der Waals surface area contributed by atoms with Crippen LogP contribution in [0.4, 0.5) is 4.39 Å². The van der Waals surface area contributed by atoms with Crippen LogP contribution in [-0.2, 0) is 12.4 Å². The zero-order valence-electron chi connectivity index (χ0n) is 15.5. The SMILES string of the molecule is NC(=NN=Cc1cccc(OCc2c(F)cccc2Cl)c1)SCc1ccccc1. The molecule has 0 spiro atoms. The third-order valence-electron chi connectivity index (χ3n) is 3.90. The van der Waals surface area contributed by atoms with Crippen LogP contribution < -0.4 is 10.5 Å². The molecule has 0 amide bonds. The molecule has 3 rings (SSSR count). The zero-order valence-corrected chi connectivity index (χ0v) is 17.0. The van der Waals surface area contributed by atoms with Crippen molar-refractivity contribution in [3.05, 3.63) is 100 Å². The molecule has 0 aromatic heterocycles. The quantitative estimate of drug-likeness (QED) is 0.301. The summed E-state index contributed by atoms with van der Waals surface area (Å²) in [6, 6.07) is 21.8. The summed E-state index contributed by atoms with van der Waals surface area (Å²) in [4.78, 5) is 0. The van der Waals surface area contributed by atoms with Crippen LogP contribution in [0.3, 0.4) is 0 Å². The highest BCUT2D eigenvalue weighted by molar-refractivity contribution is 8.13. The minimum atomic E-state index is -0.395. The molecule has 0 aliphatic rings. The molecule has 148 valence electrons. The Bertz CT molecular complexity index is 992. The van der Waals surface area contributed by atoms with Crippen molar-refractivity contribution < 1.29 is 9.13 Å². The van der Waals surface area contributed by atoms with Crippen molar-refractivity contribution in [3.8, 4) is 5.75 Å². The van der Waals surface area contributed by atoms with Gasteiger partial charge in [-0.1, -0.05) is 71.9 Å². The third-order valence-corrected chi connectivity index (χ3v) is 5.10. The number of benzene rings is 3. The maximum Gasteiger partial charge on any atom is 0.180 e. The van der Waals surface area contributed by atoms with Crippen LogP contribution in [0.25, 0.3) is 0 Å². The highest BCUT2D eigenvalue weighted by Gasteiger charge is 2.07. The molecule has 3 aromatic rings. The lowest BCUT2D eigenvalue weighted by Crippen LogP contribution is -2.06. The van der Waals surface area contributed by atoms with E-state index in [-0.39, 0.29) is 6.61 Å². The molecule has 0 unspecified atom stereocenters. The predicted octanol–water partition coefficient (Wildman–Crippen LogP) is 5.64. The first-order valence-electron chi connectivity index (χ1n) is 8.81. The Hall–Kier alpha value is -2.83. The second-order valence-electron chi connectivity index (χ2n) is 6.02. The number of rotatable bonds is 7. The topological polar surface area (TPSA) is 60.0 Å². The Morgan fingerprint density at radius 2 is 1.86 bits per heavy atom. The Morgan fingerprint density at radius 3 is 2.66 bits per heavy atom. The molecule has 3 aromatic carbocycles. The van der Waals surface area contributed by atoms with E-state index in [4.69, 9.17) is 22.1 Å². The normalized spacial score (nSPS) is 11.7. The first kappa shape index (κ1) is 20.9. The number of ether oxygens (including phenoxy) is 1. The first-order chi connectivity index (χ1) is 14.1. The van der Waals surface area contributed by atoms with Gasteiger partial charge in [-0.05, 0) is 35.4 Å². The molecule has 4 nitrogen and oxygen atoms in total. The van der Waals surface area contributed by atoms with Crippen molar-refractivity contribution in [2.45, 2.75) is 12.4 Å². The van der Waals surface area contributed by atoms with Crippen molar-refractivity contribution in [2.24, 2.45) is 15.9 Å². The van der Waals surface area contributed by atoms with Gasteiger partial charge in [-0.2, -0.15) is 5.10 Å². The molecule has 0 heterocycles. The standard InChI is InChI=1S/C22H19ClFN3OS/c23-20-10-5-11-21(24)19(20)14-28-18-9-4-8-17(12-18)13-26-27-22(25)29-15-16-6-2-1-3-7-16/h1-13H,14-15H2,(H2,25,27). The van der Waals surface area contributed by atoms with E-state index in [2.05, 4.69) is 10.2 Å². The van der Waals surface area contributed by atoms with Gasteiger partial charge in [0.15, 0.2) is 5.17 Å². The molecular formula is C22H19ClFN3OS. The van der Waals surface area contributed by atoms with Crippen LogP contribution in [-0.4, -0.2) is 11.4 Å². The van der Waals surface area contributed by atoms with Crippen LogP contribution in [0.1, 0.15) is 16.7 Å². The van der Waals surface area contributed by atoms with Crippen molar-refractivity contribution in [1.82, 2.24) is 0 Å². The Morgan fingerprint density at radius 1 is 1.07 bits per heavy atom. The van der Waals surface area contributed by atoms with E-state index < -0.39 is 5.82 Å².